The van der Waals surface area contributed by atoms with Gasteiger partial charge in [-0.15, -0.1) is 0 Å². The Morgan fingerprint density at radius 2 is 2.21 bits per heavy atom. The minimum atomic E-state index is 0.331. The molecular weight excluding hydrogens is 300 g/mol. The first-order valence-electron chi connectivity index (χ1n) is 8.36. The quantitative estimate of drug-likeness (QED) is 0.739. The normalized spacial score (nSPS) is 18.3. The molecule has 0 spiro atoms. The van der Waals surface area contributed by atoms with Crippen molar-refractivity contribution in [2.75, 3.05) is 25.5 Å². The minimum absolute atomic E-state index is 0.331. The number of fused-ring (bicyclic) bond motifs is 1. The van der Waals surface area contributed by atoms with Crippen LogP contribution in [0.15, 0.2) is 43.1 Å². The van der Waals surface area contributed by atoms with Gasteiger partial charge in [-0.2, -0.15) is 0 Å². The van der Waals surface area contributed by atoms with Crippen LogP contribution in [0.25, 0.3) is 5.52 Å². The lowest BCUT2D eigenvalue weighted by atomic mass is 10.1. The summed E-state index contributed by atoms with van der Waals surface area (Å²) in [5.74, 6) is 1.02. The molecule has 0 bridgehead atoms. The van der Waals surface area contributed by atoms with E-state index in [4.69, 9.17) is 4.98 Å². The Balaban J connectivity index is 1.68. The van der Waals surface area contributed by atoms with Gasteiger partial charge in [-0.25, -0.2) is 4.98 Å². The summed E-state index contributed by atoms with van der Waals surface area (Å²) in [6.45, 7) is 1.89. The van der Waals surface area contributed by atoms with Crippen LogP contribution in [0.5, 0.6) is 0 Å². The number of rotatable bonds is 4. The fourth-order valence-electron chi connectivity index (χ4n) is 3.51. The Morgan fingerprint density at radius 1 is 1.29 bits per heavy atom. The fraction of sp³-hybridized carbons (Fsp3) is 0.389. The number of anilines is 1. The van der Waals surface area contributed by atoms with Crippen molar-refractivity contribution in [1.29, 1.82) is 0 Å². The summed E-state index contributed by atoms with van der Waals surface area (Å²) in [5.41, 5.74) is 3.28. The van der Waals surface area contributed by atoms with E-state index in [2.05, 4.69) is 48.7 Å². The second kappa shape index (κ2) is 6.20. The molecule has 1 aliphatic rings. The second-order valence-electron chi connectivity index (χ2n) is 6.51. The fourth-order valence-corrected chi connectivity index (χ4v) is 3.51. The van der Waals surface area contributed by atoms with E-state index in [0.29, 0.717) is 6.04 Å². The molecule has 3 aromatic rings. The van der Waals surface area contributed by atoms with E-state index in [1.54, 1.807) is 12.4 Å². The number of likely N-dealkylation sites (tertiary alicyclic amines) is 1. The smallest absolute Gasteiger partial charge is 0.152 e. The molecule has 1 atom stereocenters. The second-order valence-corrected chi connectivity index (χ2v) is 6.51. The first kappa shape index (κ1) is 15.1. The van der Waals surface area contributed by atoms with Crippen molar-refractivity contribution < 1.29 is 0 Å². The molecule has 24 heavy (non-hydrogen) atoms. The maximum atomic E-state index is 4.97. The van der Waals surface area contributed by atoms with E-state index < -0.39 is 0 Å². The van der Waals surface area contributed by atoms with Crippen LogP contribution in [0.2, 0.25) is 0 Å². The van der Waals surface area contributed by atoms with Gasteiger partial charge in [0.1, 0.15) is 0 Å². The average Bonchev–Trinajstić information content (AvgIpc) is 3.23. The van der Waals surface area contributed by atoms with Gasteiger partial charge in [-0.05, 0) is 31.5 Å². The Kier molecular flexibility index (Phi) is 3.90. The summed E-state index contributed by atoms with van der Waals surface area (Å²) in [5, 5.41) is 0. The van der Waals surface area contributed by atoms with Gasteiger partial charge < -0.3 is 9.30 Å². The van der Waals surface area contributed by atoms with Crippen molar-refractivity contribution in [1.82, 2.24) is 24.3 Å². The van der Waals surface area contributed by atoms with Crippen molar-refractivity contribution in [3.8, 4) is 0 Å². The van der Waals surface area contributed by atoms with Gasteiger partial charge in [0.25, 0.3) is 0 Å². The molecule has 4 rings (SSSR count). The lowest BCUT2D eigenvalue weighted by molar-refractivity contribution is 0.241. The molecule has 0 aliphatic carbocycles. The summed E-state index contributed by atoms with van der Waals surface area (Å²) in [4.78, 5) is 18.1. The van der Waals surface area contributed by atoms with Crippen LogP contribution in [0.4, 0.5) is 5.82 Å². The molecular formula is C18H22N6. The molecule has 0 saturated carbocycles. The number of aromatic nitrogens is 4. The van der Waals surface area contributed by atoms with Crippen LogP contribution in [-0.2, 0) is 6.54 Å². The first-order chi connectivity index (χ1) is 11.7. The molecule has 6 nitrogen and oxygen atoms in total. The van der Waals surface area contributed by atoms with E-state index in [-0.39, 0.29) is 0 Å². The zero-order valence-corrected chi connectivity index (χ0v) is 14.1. The van der Waals surface area contributed by atoms with Gasteiger partial charge in [0, 0.05) is 51.6 Å². The summed E-state index contributed by atoms with van der Waals surface area (Å²) in [7, 11) is 4.09. The van der Waals surface area contributed by atoms with E-state index in [1.807, 2.05) is 20.3 Å². The highest BCUT2D eigenvalue weighted by molar-refractivity contribution is 5.69. The summed E-state index contributed by atoms with van der Waals surface area (Å²) in [6.07, 6.45) is 11.9. The van der Waals surface area contributed by atoms with Gasteiger partial charge in [-0.1, -0.05) is 0 Å². The maximum Gasteiger partial charge on any atom is 0.152 e. The molecule has 1 saturated heterocycles. The minimum Gasteiger partial charge on any atom is -0.361 e. The van der Waals surface area contributed by atoms with Crippen LogP contribution in [0, 0.1) is 0 Å². The van der Waals surface area contributed by atoms with Gasteiger partial charge in [0.05, 0.1) is 22.9 Å². The van der Waals surface area contributed by atoms with Crippen molar-refractivity contribution in [3.63, 3.8) is 0 Å². The molecule has 6 heteroatoms. The Labute approximate surface area is 141 Å². The standard InChI is InChI=1S/C18H22N6/c1-22(2)18-17-6-4-10-24(17)13-15(21-18)16-5-3-9-23(16)12-14-11-19-7-8-20-14/h4,6-8,10-11,13,16H,3,5,9,12H2,1-2H3/t16-/m1/s1. The SMILES string of the molecule is CN(C)c1nc([C@H]2CCCN2Cc2cnccn2)cn2cccc12. The molecule has 0 N–H and O–H groups in total. The number of hydrogen-bond donors (Lipinski definition) is 0. The maximum absolute atomic E-state index is 4.97. The van der Waals surface area contributed by atoms with Gasteiger partial charge in [0.15, 0.2) is 5.82 Å². The van der Waals surface area contributed by atoms with Gasteiger partial charge >= 0.3 is 0 Å². The molecule has 1 aliphatic heterocycles. The van der Waals surface area contributed by atoms with Crippen molar-refractivity contribution >= 4 is 11.3 Å². The highest BCUT2D eigenvalue weighted by atomic mass is 15.2. The predicted octanol–water partition coefficient (Wildman–Crippen LogP) is 2.53. The molecule has 0 unspecified atom stereocenters. The lowest BCUT2D eigenvalue weighted by Crippen LogP contribution is -2.25. The van der Waals surface area contributed by atoms with Crippen LogP contribution < -0.4 is 4.90 Å². The monoisotopic (exact) mass is 322 g/mol. The summed E-state index contributed by atoms with van der Waals surface area (Å²) >= 11 is 0. The average molecular weight is 322 g/mol. The largest absolute Gasteiger partial charge is 0.361 e. The van der Waals surface area contributed by atoms with E-state index in [1.165, 1.54) is 6.42 Å². The molecule has 4 heterocycles. The van der Waals surface area contributed by atoms with Gasteiger partial charge in [-0.3, -0.25) is 14.9 Å². The Hall–Kier alpha value is -2.47. The highest BCUT2D eigenvalue weighted by Gasteiger charge is 2.28. The van der Waals surface area contributed by atoms with Crippen LogP contribution in [-0.4, -0.2) is 44.9 Å². The molecule has 3 aromatic heterocycles. The van der Waals surface area contributed by atoms with E-state index in [0.717, 1.165) is 42.2 Å². The van der Waals surface area contributed by atoms with Crippen LogP contribution in [0.1, 0.15) is 30.3 Å². The zero-order chi connectivity index (χ0) is 16.5. The van der Waals surface area contributed by atoms with Crippen LogP contribution in [0.3, 0.4) is 0 Å². The Morgan fingerprint density at radius 3 is 3.00 bits per heavy atom. The van der Waals surface area contributed by atoms with E-state index in [9.17, 15) is 0 Å². The molecule has 0 radical (unpaired) electrons. The Bertz CT molecular complexity index is 826. The van der Waals surface area contributed by atoms with Crippen molar-refractivity contribution in [2.45, 2.75) is 25.4 Å². The summed E-state index contributed by atoms with van der Waals surface area (Å²) < 4.78 is 2.18. The number of hydrogen-bond acceptors (Lipinski definition) is 5. The number of nitrogens with zero attached hydrogens (tertiary/aromatic N) is 6. The van der Waals surface area contributed by atoms with Crippen LogP contribution >= 0.6 is 0 Å². The van der Waals surface area contributed by atoms with Crippen molar-refractivity contribution in [2.24, 2.45) is 0 Å². The third-order valence-corrected chi connectivity index (χ3v) is 4.62. The zero-order valence-electron chi connectivity index (χ0n) is 14.1. The highest BCUT2D eigenvalue weighted by Crippen LogP contribution is 2.33. The first-order valence-corrected chi connectivity index (χ1v) is 8.36. The molecule has 0 aromatic carbocycles. The third-order valence-electron chi connectivity index (χ3n) is 4.62. The topological polar surface area (TPSA) is 49.6 Å². The molecule has 124 valence electrons. The van der Waals surface area contributed by atoms with Crippen molar-refractivity contribution in [3.05, 3.63) is 54.5 Å². The molecule has 0 amide bonds. The predicted molar refractivity (Wildman–Crippen MR) is 93.9 cm³/mol. The summed E-state index contributed by atoms with van der Waals surface area (Å²) in [6, 6.07) is 4.51. The molecule has 1 fully saturated rings. The van der Waals surface area contributed by atoms with E-state index >= 15 is 0 Å². The lowest BCUT2D eigenvalue weighted by Gasteiger charge is -2.25. The third kappa shape index (κ3) is 2.73. The van der Waals surface area contributed by atoms with Gasteiger partial charge in [0.2, 0.25) is 0 Å².